The van der Waals surface area contributed by atoms with Crippen LogP contribution in [0.15, 0.2) is 46.1 Å². The number of hydrogen-bond acceptors (Lipinski definition) is 7. The standard InChI is InChI=1S/C28H32N2O5/c1-28(2)16-21(30-10-12-34-13-11-30)27(24(33)17-28)22(31)9-8-20-26-23(32)14-19(15-25(26)35-29-20)18-6-4-3-5-7-18/h3-7,19H,8-17H2,1-2H3. The van der Waals surface area contributed by atoms with Crippen LogP contribution < -0.4 is 0 Å². The third kappa shape index (κ3) is 4.87. The molecule has 1 aromatic heterocycles. The molecule has 35 heavy (non-hydrogen) atoms. The molecule has 0 spiro atoms. The van der Waals surface area contributed by atoms with Gasteiger partial charge in [-0.2, -0.15) is 0 Å². The Bertz CT molecular complexity index is 1170. The molecule has 0 saturated carbocycles. The zero-order valence-electron chi connectivity index (χ0n) is 20.5. The van der Waals surface area contributed by atoms with Gasteiger partial charge in [0, 0.05) is 50.9 Å². The summed E-state index contributed by atoms with van der Waals surface area (Å²) in [6.45, 7) is 6.70. The van der Waals surface area contributed by atoms with Crippen molar-refractivity contribution in [3.8, 4) is 0 Å². The number of hydrogen-bond donors (Lipinski definition) is 0. The number of morpholine rings is 1. The third-order valence-corrected chi connectivity index (χ3v) is 7.36. The van der Waals surface area contributed by atoms with Crippen molar-refractivity contribution in [1.29, 1.82) is 0 Å². The normalized spacial score (nSPS) is 22.3. The summed E-state index contributed by atoms with van der Waals surface area (Å²) >= 11 is 0. The summed E-state index contributed by atoms with van der Waals surface area (Å²) in [7, 11) is 0. The number of fused-ring (bicyclic) bond motifs is 1. The molecule has 3 aliphatic rings. The molecule has 1 unspecified atom stereocenters. The number of Topliss-reactive ketones (excluding diaryl/α,β-unsaturated/α-hetero) is 3. The Labute approximate surface area is 205 Å². The minimum atomic E-state index is -0.179. The maximum Gasteiger partial charge on any atom is 0.168 e. The third-order valence-electron chi connectivity index (χ3n) is 7.36. The fourth-order valence-electron chi connectivity index (χ4n) is 5.64. The van der Waals surface area contributed by atoms with Crippen molar-refractivity contribution >= 4 is 17.3 Å². The molecule has 1 saturated heterocycles. The molecule has 0 amide bonds. The number of allylic oxidation sites excluding steroid dienone is 2. The molecule has 7 nitrogen and oxygen atoms in total. The van der Waals surface area contributed by atoms with Crippen molar-refractivity contribution in [2.75, 3.05) is 26.3 Å². The van der Waals surface area contributed by atoms with E-state index in [2.05, 4.69) is 23.9 Å². The van der Waals surface area contributed by atoms with E-state index in [4.69, 9.17) is 9.26 Å². The molecule has 2 aromatic rings. The number of rotatable bonds is 6. The fourth-order valence-corrected chi connectivity index (χ4v) is 5.64. The van der Waals surface area contributed by atoms with Crippen molar-refractivity contribution in [2.45, 2.75) is 58.3 Å². The Morgan fingerprint density at radius 3 is 2.54 bits per heavy atom. The van der Waals surface area contributed by atoms with Crippen molar-refractivity contribution in [2.24, 2.45) is 5.41 Å². The molecule has 5 rings (SSSR count). The smallest absolute Gasteiger partial charge is 0.168 e. The molecule has 2 aliphatic carbocycles. The topological polar surface area (TPSA) is 89.7 Å². The average Bonchev–Trinajstić information content (AvgIpc) is 3.26. The van der Waals surface area contributed by atoms with Crippen LogP contribution in [0.3, 0.4) is 0 Å². The SMILES string of the molecule is CC1(C)CC(=O)C(C(=O)CCc2noc3c2C(=O)CC(c2ccccc2)C3)=C(N2CCOCC2)C1. The quantitative estimate of drug-likeness (QED) is 0.581. The van der Waals surface area contributed by atoms with Crippen LogP contribution in [0.1, 0.15) is 72.8 Å². The zero-order chi connectivity index (χ0) is 24.6. The van der Waals surface area contributed by atoms with E-state index < -0.39 is 0 Å². The average molecular weight is 477 g/mol. The van der Waals surface area contributed by atoms with Crippen LogP contribution in [0.5, 0.6) is 0 Å². The Hall–Kier alpha value is -3.06. The van der Waals surface area contributed by atoms with Gasteiger partial charge in [0.2, 0.25) is 0 Å². The van der Waals surface area contributed by atoms with Gasteiger partial charge < -0.3 is 14.2 Å². The lowest BCUT2D eigenvalue weighted by Gasteiger charge is -2.39. The lowest BCUT2D eigenvalue weighted by atomic mass is 9.74. The molecular formula is C28H32N2O5. The van der Waals surface area contributed by atoms with Crippen LogP contribution in [-0.4, -0.2) is 53.7 Å². The van der Waals surface area contributed by atoms with Crippen molar-refractivity contribution < 1.29 is 23.6 Å². The van der Waals surface area contributed by atoms with Crippen molar-refractivity contribution in [3.63, 3.8) is 0 Å². The maximum atomic E-state index is 13.4. The van der Waals surface area contributed by atoms with Crippen LogP contribution >= 0.6 is 0 Å². The van der Waals surface area contributed by atoms with Crippen LogP contribution in [-0.2, 0) is 27.2 Å². The summed E-state index contributed by atoms with van der Waals surface area (Å²) in [6, 6.07) is 9.96. The number of aromatic nitrogens is 1. The fraction of sp³-hybridized carbons (Fsp3) is 0.500. The van der Waals surface area contributed by atoms with Gasteiger partial charge in [0.25, 0.3) is 0 Å². The van der Waals surface area contributed by atoms with E-state index in [1.165, 1.54) is 0 Å². The highest BCUT2D eigenvalue weighted by molar-refractivity contribution is 6.21. The molecule has 184 valence electrons. The Morgan fingerprint density at radius 2 is 1.80 bits per heavy atom. The van der Waals surface area contributed by atoms with Crippen LogP contribution in [0.4, 0.5) is 0 Å². The molecule has 1 aromatic carbocycles. The van der Waals surface area contributed by atoms with Crippen molar-refractivity contribution in [3.05, 3.63) is 64.2 Å². The van der Waals surface area contributed by atoms with E-state index in [1.807, 2.05) is 30.3 Å². The van der Waals surface area contributed by atoms with Gasteiger partial charge in [0.15, 0.2) is 17.3 Å². The first-order chi connectivity index (χ1) is 16.8. The summed E-state index contributed by atoms with van der Waals surface area (Å²) in [6.07, 6.45) is 2.49. The molecule has 2 heterocycles. The number of carbonyl (C=O) groups is 3. The first-order valence-corrected chi connectivity index (χ1v) is 12.5. The van der Waals surface area contributed by atoms with Gasteiger partial charge in [-0.1, -0.05) is 49.3 Å². The number of carbonyl (C=O) groups excluding carboxylic acids is 3. The van der Waals surface area contributed by atoms with E-state index in [-0.39, 0.29) is 41.5 Å². The number of aryl methyl sites for hydroxylation is 1. The van der Waals surface area contributed by atoms with Gasteiger partial charge in [0.05, 0.1) is 30.0 Å². The zero-order valence-corrected chi connectivity index (χ0v) is 20.5. The van der Waals surface area contributed by atoms with Gasteiger partial charge in [0.1, 0.15) is 5.76 Å². The predicted octanol–water partition coefficient (Wildman–Crippen LogP) is 4.06. The lowest BCUT2D eigenvalue weighted by Crippen LogP contribution is -2.41. The van der Waals surface area contributed by atoms with Gasteiger partial charge in [-0.15, -0.1) is 0 Å². The molecule has 7 heteroatoms. The summed E-state index contributed by atoms with van der Waals surface area (Å²) in [4.78, 5) is 41.6. The van der Waals surface area contributed by atoms with E-state index in [0.29, 0.717) is 74.6 Å². The molecule has 1 aliphatic heterocycles. The van der Waals surface area contributed by atoms with E-state index in [0.717, 1.165) is 11.3 Å². The molecule has 1 fully saturated rings. The minimum Gasteiger partial charge on any atom is -0.378 e. The lowest BCUT2D eigenvalue weighted by molar-refractivity contribution is -0.123. The van der Waals surface area contributed by atoms with Crippen LogP contribution in [0, 0.1) is 5.41 Å². The highest BCUT2D eigenvalue weighted by Crippen LogP contribution is 2.39. The van der Waals surface area contributed by atoms with E-state index in [1.54, 1.807) is 0 Å². The Balaban J connectivity index is 1.34. The van der Waals surface area contributed by atoms with Gasteiger partial charge in [-0.25, -0.2) is 0 Å². The highest BCUT2D eigenvalue weighted by Gasteiger charge is 2.38. The number of benzene rings is 1. The molecule has 0 radical (unpaired) electrons. The highest BCUT2D eigenvalue weighted by atomic mass is 16.5. The maximum absolute atomic E-state index is 13.4. The molecular weight excluding hydrogens is 444 g/mol. The van der Waals surface area contributed by atoms with Gasteiger partial charge in [-0.3, -0.25) is 14.4 Å². The first-order valence-electron chi connectivity index (χ1n) is 12.5. The molecule has 0 N–H and O–H groups in total. The predicted molar refractivity (Wildman–Crippen MR) is 129 cm³/mol. The number of nitrogens with zero attached hydrogens (tertiary/aromatic N) is 2. The van der Waals surface area contributed by atoms with Crippen molar-refractivity contribution in [1.82, 2.24) is 10.1 Å². The number of ether oxygens (including phenoxy) is 1. The second-order valence-electron chi connectivity index (χ2n) is 10.7. The second kappa shape index (κ2) is 9.53. The number of ketones is 3. The largest absolute Gasteiger partial charge is 0.378 e. The Morgan fingerprint density at radius 1 is 1.06 bits per heavy atom. The summed E-state index contributed by atoms with van der Waals surface area (Å²) < 4.78 is 11.0. The van der Waals surface area contributed by atoms with E-state index >= 15 is 0 Å². The summed E-state index contributed by atoms with van der Waals surface area (Å²) in [5.74, 6) is 0.419. The first kappa shape index (κ1) is 23.7. The molecule has 1 atom stereocenters. The summed E-state index contributed by atoms with van der Waals surface area (Å²) in [5.41, 5.74) is 3.18. The van der Waals surface area contributed by atoms with Crippen LogP contribution in [0.25, 0.3) is 0 Å². The minimum absolute atomic E-state index is 0.00696. The van der Waals surface area contributed by atoms with E-state index in [9.17, 15) is 14.4 Å². The van der Waals surface area contributed by atoms with Crippen LogP contribution in [0.2, 0.25) is 0 Å². The summed E-state index contributed by atoms with van der Waals surface area (Å²) in [5, 5.41) is 4.17. The van der Waals surface area contributed by atoms with Gasteiger partial charge in [-0.05, 0) is 23.3 Å². The monoisotopic (exact) mass is 476 g/mol. The second-order valence-corrected chi connectivity index (χ2v) is 10.7. The van der Waals surface area contributed by atoms with Gasteiger partial charge >= 0.3 is 0 Å². The molecule has 0 bridgehead atoms. The Kier molecular flexibility index (Phi) is 6.45.